The largest absolute Gasteiger partial charge is 0.340 e. The number of aromatic nitrogens is 1. The van der Waals surface area contributed by atoms with E-state index in [1.54, 1.807) is 0 Å². The van der Waals surface area contributed by atoms with Gasteiger partial charge in [0.1, 0.15) is 5.82 Å². The third kappa shape index (κ3) is 2.86. The number of rotatable bonds is 2. The third-order valence-corrected chi connectivity index (χ3v) is 3.50. The van der Waals surface area contributed by atoms with E-state index in [0.29, 0.717) is 0 Å². The van der Waals surface area contributed by atoms with E-state index < -0.39 is 0 Å². The van der Waals surface area contributed by atoms with Gasteiger partial charge in [-0.05, 0) is 60.5 Å². The molecule has 0 saturated carbocycles. The van der Waals surface area contributed by atoms with Gasteiger partial charge in [-0.25, -0.2) is 4.98 Å². The van der Waals surface area contributed by atoms with Crippen molar-refractivity contribution < 1.29 is 0 Å². The van der Waals surface area contributed by atoms with Gasteiger partial charge in [0.25, 0.3) is 0 Å². The summed E-state index contributed by atoms with van der Waals surface area (Å²) in [4.78, 5) is 4.47. The fourth-order valence-corrected chi connectivity index (χ4v) is 1.93. The van der Waals surface area contributed by atoms with Gasteiger partial charge >= 0.3 is 0 Å². The van der Waals surface area contributed by atoms with Gasteiger partial charge in [0.05, 0.1) is 5.69 Å². The van der Waals surface area contributed by atoms with Crippen LogP contribution in [0.1, 0.15) is 16.8 Å². The fraction of sp³-hybridized carbons (Fsp3) is 0.214. The summed E-state index contributed by atoms with van der Waals surface area (Å²) in [5, 5.41) is 3.34. The smallest absolute Gasteiger partial charge is 0.130 e. The molecule has 0 amide bonds. The van der Waals surface area contributed by atoms with E-state index >= 15 is 0 Å². The minimum atomic E-state index is 0.873. The van der Waals surface area contributed by atoms with E-state index in [1.165, 1.54) is 11.1 Å². The maximum absolute atomic E-state index is 4.47. The van der Waals surface area contributed by atoms with Gasteiger partial charge in [-0.1, -0.05) is 17.7 Å². The van der Waals surface area contributed by atoms with Crippen molar-refractivity contribution in [3.05, 3.63) is 51.6 Å². The number of pyridine rings is 1. The lowest BCUT2D eigenvalue weighted by molar-refractivity contribution is 1.18. The van der Waals surface area contributed by atoms with Gasteiger partial charge in [0.2, 0.25) is 0 Å². The second-order valence-corrected chi connectivity index (χ2v) is 5.06. The minimum absolute atomic E-state index is 0.873. The van der Waals surface area contributed by atoms with Crippen LogP contribution in [-0.4, -0.2) is 4.98 Å². The second-order valence-electron chi connectivity index (χ2n) is 4.21. The highest BCUT2D eigenvalue weighted by Gasteiger charge is 2.02. The average molecular weight is 291 g/mol. The molecule has 0 atom stereocenters. The third-order valence-electron chi connectivity index (χ3n) is 2.67. The van der Waals surface area contributed by atoms with Crippen molar-refractivity contribution in [3.8, 4) is 0 Å². The van der Waals surface area contributed by atoms with Crippen LogP contribution in [0.3, 0.4) is 0 Å². The summed E-state index contributed by atoms with van der Waals surface area (Å²) in [6, 6.07) is 10.3. The molecule has 0 aliphatic heterocycles. The van der Waals surface area contributed by atoms with Crippen molar-refractivity contribution in [1.29, 1.82) is 0 Å². The first kappa shape index (κ1) is 12.1. The van der Waals surface area contributed by atoms with Crippen LogP contribution in [0.4, 0.5) is 11.5 Å². The molecule has 2 rings (SSSR count). The number of halogens is 1. The fourth-order valence-electron chi connectivity index (χ4n) is 1.71. The van der Waals surface area contributed by atoms with Gasteiger partial charge < -0.3 is 5.32 Å². The molecule has 0 unspecified atom stereocenters. The first-order valence-electron chi connectivity index (χ1n) is 5.53. The van der Waals surface area contributed by atoms with Crippen molar-refractivity contribution in [2.45, 2.75) is 20.8 Å². The number of hydrogen-bond donors (Lipinski definition) is 1. The topological polar surface area (TPSA) is 24.9 Å². The molecule has 1 aromatic heterocycles. The zero-order valence-electron chi connectivity index (χ0n) is 10.2. The quantitative estimate of drug-likeness (QED) is 0.880. The first-order chi connectivity index (χ1) is 8.06. The van der Waals surface area contributed by atoms with Crippen LogP contribution < -0.4 is 5.32 Å². The van der Waals surface area contributed by atoms with E-state index in [2.05, 4.69) is 58.3 Å². The summed E-state index contributed by atoms with van der Waals surface area (Å²) in [6.07, 6.45) is 0. The van der Waals surface area contributed by atoms with Gasteiger partial charge in [0, 0.05) is 10.2 Å². The van der Waals surface area contributed by atoms with Crippen molar-refractivity contribution in [2.75, 3.05) is 5.32 Å². The number of nitrogens with zero attached hydrogens (tertiary/aromatic N) is 1. The van der Waals surface area contributed by atoms with Crippen molar-refractivity contribution in [3.63, 3.8) is 0 Å². The van der Waals surface area contributed by atoms with E-state index in [9.17, 15) is 0 Å². The monoisotopic (exact) mass is 290 g/mol. The van der Waals surface area contributed by atoms with Crippen LogP contribution in [0.5, 0.6) is 0 Å². The predicted molar refractivity (Wildman–Crippen MR) is 75.9 cm³/mol. The molecule has 3 heteroatoms. The number of nitrogens with one attached hydrogen (secondary N) is 1. The number of anilines is 2. The van der Waals surface area contributed by atoms with Gasteiger partial charge in [0.15, 0.2) is 0 Å². The Labute approximate surface area is 110 Å². The van der Waals surface area contributed by atoms with Crippen molar-refractivity contribution in [1.82, 2.24) is 4.98 Å². The maximum atomic E-state index is 4.47. The molecule has 0 spiro atoms. The molecule has 2 nitrogen and oxygen atoms in total. The molecule has 1 aromatic carbocycles. The summed E-state index contributed by atoms with van der Waals surface area (Å²) in [5.41, 5.74) is 4.59. The highest BCUT2D eigenvalue weighted by Crippen LogP contribution is 2.22. The predicted octanol–water partition coefficient (Wildman–Crippen LogP) is 4.51. The summed E-state index contributed by atoms with van der Waals surface area (Å²) < 4.78 is 1.03. The molecule has 0 fully saturated rings. The number of hydrogen-bond acceptors (Lipinski definition) is 2. The molecule has 17 heavy (non-hydrogen) atoms. The molecule has 0 aliphatic rings. The van der Waals surface area contributed by atoms with Crippen LogP contribution in [-0.2, 0) is 0 Å². The highest BCUT2D eigenvalue weighted by atomic mass is 79.9. The molecule has 0 radical (unpaired) electrons. The van der Waals surface area contributed by atoms with Gasteiger partial charge in [-0.15, -0.1) is 0 Å². The molecule has 0 bridgehead atoms. The average Bonchev–Trinajstić information content (AvgIpc) is 2.27. The van der Waals surface area contributed by atoms with Crippen LogP contribution >= 0.6 is 15.9 Å². The van der Waals surface area contributed by atoms with E-state index in [-0.39, 0.29) is 0 Å². The number of benzene rings is 1. The Kier molecular flexibility index (Phi) is 3.48. The highest BCUT2D eigenvalue weighted by molar-refractivity contribution is 9.10. The molecule has 2 aromatic rings. The van der Waals surface area contributed by atoms with Crippen LogP contribution in [0.15, 0.2) is 34.8 Å². The normalized spacial score (nSPS) is 10.4. The Morgan fingerprint density at radius 1 is 1.06 bits per heavy atom. The van der Waals surface area contributed by atoms with Gasteiger partial charge in [-0.2, -0.15) is 0 Å². The summed E-state index contributed by atoms with van der Waals surface area (Å²) in [5.74, 6) is 0.873. The molecular formula is C14H15BrN2. The Morgan fingerprint density at radius 2 is 1.82 bits per heavy atom. The van der Waals surface area contributed by atoms with Crippen molar-refractivity contribution >= 4 is 27.4 Å². The minimum Gasteiger partial charge on any atom is -0.340 e. The molecule has 1 heterocycles. The lowest BCUT2D eigenvalue weighted by Crippen LogP contribution is -1.97. The zero-order chi connectivity index (χ0) is 12.4. The lowest BCUT2D eigenvalue weighted by Gasteiger charge is -2.10. The molecule has 0 aliphatic carbocycles. The maximum Gasteiger partial charge on any atom is 0.130 e. The van der Waals surface area contributed by atoms with Gasteiger partial charge in [-0.3, -0.25) is 0 Å². The Hall–Kier alpha value is -1.35. The zero-order valence-corrected chi connectivity index (χ0v) is 11.8. The molecule has 1 N–H and O–H groups in total. The van der Waals surface area contributed by atoms with Crippen LogP contribution in [0.2, 0.25) is 0 Å². The van der Waals surface area contributed by atoms with Crippen molar-refractivity contribution in [2.24, 2.45) is 0 Å². The number of aryl methyl sites for hydroxylation is 3. The van der Waals surface area contributed by atoms with E-state index in [4.69, 9.17) is 0 Å². The lowest BCUT2D eigenvalue weighted by atomic mass is 10.1. The standard InChI is InChI=1S/C14H15BrN2/c1-9-4-6-13(10(2)8-9)17-14-7-5-12(15)11(3)16-14/h4-8H,1-3H3,(H,16,17). The summed E-state index contributed by atoms with van der Waals surface area (Å²) in [7, 11) is 0. The van der Waals surface area contributed by atoms with E-state index in [0.717, 1.165) is 21.7 Å². The Morgan fingerprint density at radius 3 is 2.47 bits per heavy atom. The van der Waals surface area contributed by atoms with Crippen LogP contribution in [0.25, 0.3) is 0 Å². The molecule has 0 saturated heterocycles. The van der Waals surface area contributed by atoms with Crippen LogP contribution in [0, 0.1) is 20.8 Å². The van der Waals surface area contributed by atoms with E-state index in [1.807, 2.05) is 19.1 Å². The Bertz CT molecular complexity index is 550. The summed E-state index contributed by atoms with van der Waals surface area (Å²) in [6.45, 7) is 6.18. The SMILES string of the molecule is Cc1ccc(Nc2ccc(Br)c(C)n2)c(C)c1. The second kappa shape index (κ2) is 4.88. The first-order valence-corrected chi connectivity index (χ1v) is 6.33. The Balaban J connectivity index is 2.28. The molecular weight excluding hydrogens is 276 g/mol. The summed E-state index contributed by atoms with van der Waals surface area (Å²) >= 11 is 3.45. The molecule has 88 valence electrons.